The summed E-state index contributed by atoms with van der Waals surface area (Å²) in [7, 11) is -1.32. The van der Waals surface area contributed by atoms with Gasteiger partial charge in [-0.05, 0) is 18.6 Å². The summed E-state index contributed by atoms with van der Waals surface area (Å²) in [4.78, 5) is 18.2. The van der Waals surface area contributed by atoms with Crippen LogP contribution in [0, 0.1) is 0 Å². The number of thiazole rings is 1. The highest BCUT2D eigenvalue weighted by Gasteiger charge is 2.32. The summed E-state index contributed by atoms with van der Waals surface area (Å²) in [5.74, 6) is 0.0813. The van der Waals surface area contributed by atoms with Crippen LogP contribution in [0.2, 0.25) is 0 Å². The van der Waals surface area contributed by atoms with E-state index in [1.807, 2.05) is 17.5 Å². The van der Waals surface area contributed by atoms with Crippen LogP contribution >= 0.6 is 11.3 Å². The summed E-state index contributed by atoms with van der Waals surface area (Å²) in [5.41, 5.74) is 1.53. The number of benzene rings is 1. The van der Waals surface area contributed by atoms with Crippen LogP contribution in [0.5, 0.6) is 0 Å². The third kappa shape index (κ3) is 3.05. The molecule has 5 nitrogen and oxygen atoms in total. The first-order valence-corrected chi connectivity index (χ1v) is 9.64. The van der Waals surface area contributed by atoms with E-state index in [0.29, 0.717) is 12.0 Å². The molecule has 1 fully saturated rings. The number of nitrogens with zero attached hydrogens (tertiary/aromatic N) is 2. The number of carbonyl (C=O) groups is 1. The lowest BCUT2D eigenvalue weighted by atomic mass is 10.1. The molecule has 2 aromatic rings. The number of aromatic nitrogens is 1. The van der Waals surface area contributed by atoms with E-state index in [-0.39, 0.29) is 23.5 Å². The number of sulfone groups is 1. The molecule has 1 aliphatic heterocycles. The summed E-state index contributed by atoms with van der Waals surface area (Å²) in [6, 6.07) is 7.03. The molecule has 1 aromatic heterocycles. The molecule has 0 radical (unpaired) electrons. The van der Waals surface area contributed by atoms with Gasteiger partial charge >= 0.3 is 0 Å². The summed E-state index contributed by atoms with van der Waals surface area (Å²) in [6.07, 6.45) is 2.26. The van der Waals surface area contributed by atoms with Gasteiger partial charge in [0.15, 0.2) is 9.84 Å². The average molecular weight is 336 g/mol. The molecule has 7 heteroatoms. The van der Waals surface area contributed by atoms with Gasteiger partial charge in [0.1, 0.15) is 5.01 Å². The van der Waals surface area contributed by atoms with Crippen molar-refractivity contribution in [3.63, 3.8) is 0 Å². The number of rotatable bonds is 3. The Morgan fingerprint density at radius 2 is 2.05 bits per heavy atom. The zero-order chi connectivity index (χ0) is 15.7. The molecule has 1 saturated heterocycles. The van der Waals surface area contributed by atoms with E-state index in [2.05, 4.69) is 4.98 Å². The second kappa shape index (κ2) is 5.81. The molecule has 1 aromatic carbocycles. The molecule has 0 bridgehead atoms. The Morgan fingerprint density at radius 3 is 2.59 bits per heavy atom. The number of carbonyl (C=O) groups excluding carboxylic acids is 1. The smallest absolute Gasteiger partial charge is 0.253 e. The van der Waals surface area contributed by atoms with Crippen molar-refractivity contribution in [2.24, 2.45) is 0 Å². The van der Waals surface area contributed by atoms with Crippen LogP contribution in [0.1, 0.15) is 16.8 Å². The predicted octanol–water partition coefficient (Wildman–Crippen LogP) is 2.07. The molecule has 1 aliphatic rings. The number of amides is 1. The predicted molar refractivity (Wildman–Crippen MR) is 86.7 cm³/mol. The first kappa shape index (κ1) is 15.2. The Bertz CT molecular complexity index is 768. The van der Waals surface area contributed by atoms with Crippen LogP contribution in [0.3, 0.4) is 0 Å². The minimum absolute atomic E-state index is 0.0619. The van der Waals surface area contributed by atoms with E-state index in [1.165, 1.54) is 0 Å². The van der Waals surface area contributed by atoms with E-state index in [1.54, 1.807) is 41.6 Å². The monoisotopic (exact) mass is 336 g/mol. The summed E-state index contributed by atoms with van der Waals surface area (Å²) >= 11 is 1.54. The summed E-state index contributed by atoms with van der Waals surface area (Å²) < 4.78 is 23.1. The lowest BCUT2D eigenvalue weighted by Crippen LogP contribution is -2.37. The highest BCUT2D eigenvalue weighted by atomic mass is 32.2. The summed E-state index contributed by atoms with van der Waals surface area (Å²) in [5, 5.41) is 2.82. The van der Waals surface area contributed by atoms with Gasteiger partial charge < -0.3 is 4.90 Å². The lowest BCUT2D eigenvalue weighted by molar-refractivity contribution is 0.0747. The van der Waals surface area contributed by atoms with Crippen LogP contribution in [-0.2, 0) is 9.84 Å². The Kier molecular flexibility index (Phi) is 4.01. The fraction of sp³-hybridized carbons (Fsp3) is 0.333. The van der Waals surface area contributed by atoms with Crippen LogP contribution in [0.25, 0.3) is 10.6 Å². The van der Waals surface area contributed by atoms with Crippen molar-refractivity contribution in [2.75, 3.05) is 18.6 Å². The van der Waals surface area contributed by atoms with Gasteiger partial charge in [-0.25, -0.2) is 13.4 Å². The zero-order valence-corrected chi connectivity index (χ0v) is 13.7. The maximum atomic E-state index is 12.5. The van der Waals surface area contributed by atoms with Crippen molar-refractivity contribution in [1.29, 1.82) is 0 Å². The van der Waals surface area contributed by atoms with Gasteiger partial charge in [0.25, 0.3) is 5.91 Å². The molecule has 1 unspecified atom stereocenters. The molecule has 0 aliphatic carbocycles. The molecule has 0 N–H and O–H groups in total. The van der Waals surface area contributed by atoms with E-state index in [0.717, 1.165) is 10.6 Å². The van der Waals surface area contributed by atoms with Gasteiger partial charge in [0, 0.05) is 35.8 Å². The van der Waals surface area contributed by atoms with Crippen molar-refractivity contribution in [3.8, 4) is 10.6 Å². The normalized spacial score (nSPS) is 20.0. The van der Waals surface area contributed by atoms with Crippen LogP contribution in [-0.4, -0.2) is 48.8 Å². The SMILES string of the molecule is CN(C(=O)c1ccc(-c2nccs2)cc1)C1CCS(=O)(=O)C1. The molecule has 2 heterocycles. The third-order valence-electron chi connectivity index (χ3n) is 3.89. The van der Waals surface area contributed by atoms with Crippen molar-refractivity contribution >= 4 is 27.1 Å². The van der Waals surface area contributed by atoms with E-state index >= 15 is 0 Å². The molecule has 1 amide bonds. The van der Waals surface area contributed by atoms with E-state index in [9.17, 15) is 13.2 Å². The fourth-order valence-electron chi connectivity index (χ4n) is 2.57. The summed E-state index contributed by atoms with van der Waals surface area (Å²) in [6.45, 7) is 0. The molecule has 0 saturated carbocycles. The van der Waals surface area contributed by atoms with Gasteiger partial charge in [-0.3, -0.25) is 4.79 Å². The molecule has 3 rings (SSSR count). The van der Waals surface area contributed by atoms with Crippen LogP contribution in [0.15, 0.2) is 35.8 Å². The van der Waals surface area contributed by atoms with Crippen molar-refractivity contribution in [1.82, 2.24) is 9.88 Å². The van der Waals surface area contributed by atoms with Gasteiger partial charge in [-0.2, -0.15) is 0 Å². The van der Waals surface area contributed by atoms with Crippen LogP contribution in [0.4, 0.5) is 0 Å². The van der Waals surface area contributed by atoms with Gasteiger partial charge in [-0.1, -0.05) is 12.1 Å². The quantitative estimate of drug-likeness (QED) is 0.860. The number of hydrogen-bond donors (Lipinski definition) is 0. The molecule has 0 spiro atoms. The Labute approximate surface area is 133 Å². The fourth-order valence-corrected chi connectivity index (χ4v) is 4.99. The zero-order valence-electron chi connectivity index (χ0n) is 12.1. The minimum Gasteiger partial charge on any atom is -0.338 e. The lowest BCUT2D eigenvalue weighted by Gasteiger charge is -2.23. The molecular weight excluding hydrogens is 320 g/mol. The van der Waals surface area contributed by atoms with Crippen molar-refractivity contribution in [2.45, 2.75) is 12.5 Å². The molecule has 1 atom stereocenters. The maximum Gasteiger partial charge on any atom is 0.253 e. The van der Waals surface area contributed by atoms with E-state index < -0.39 is 9.84 Å². The molecular formula is C15H16N2O3S2. The topological polar surface area (TPSA) is 67.3 Å². The average Bonchev–Trinajstić information content (AvgIpc) is 3.15. The standard InChI is InChI=1S/C15H16N2O3S2/c1-17(13-6-9-22(19,20)10-13)15(18)12-4-2-11(3-5-12)14-16-7-8-21-14/h2-5,7-8,13H,6,9-10H2,1H3. The molecule has 116 valence electrons. The number of hydrogen-bond acceptors (Lipinski definition) is 5. The first-order valence-electron chi connectivity index (χ1n) is 6.94. The highest BCUT2D eigenvalue weighted by Crippen LogP contribution is 2.23. The largest absolute Gasteiger partial charge is 0.338 e. The third-order valence-corrected chi connectivity index (χ3v) is 6.46. The Morgan fingerprint density at radius 1 is 1.32 bits per heavy atom. The van der Waals surface area contributed by atoms with Gasteiger partial charge in [0.2, 0.25) is 0 Å². The Balaban J connectivity index is 1.75. The van der Waals surface area contributed by atoms with Gasteiger partial charge in [0.05, 0.1) is 11.5 Å². The van der Waals surface area contributed by atoms with Crippen molar-refractivity contribution < 1.29 is 13.2 Å². The van der Waals surface area contributed by atoms with Gasteiger partial charge in [-0.15, -0.1) is 11.3 Å². The first-order chi connectivity index (χ1) is 10.5. The second-order valence-corrected chi connectivity index (χ2v) is 8.51. The van der Waals surface area contributed by atoms with E-state index in [4.69, 9.17) is 0 Å². The van der Waals surface area contributed by atoms with Crippen LogP contribution < -0.4 is 0 Å². The second-order valence-electron chi connectivity index (χ2n) is 5.39. The maximum absolute atomic E-state index is 12.5. The van der Waals surface area contributed by atoms with Crippen molar-refractivity contribution in [3.05, 3.63) is 41.4 Å². The molecule has 22 heavy (non-hydrogen) atoms. The Hall–Kier alpha value is -1.73. The highest BCUT2D eigenvalue weighted by molar-refractivity contribution is 7.91. The minimum atomic E-state index is -2.99.